The van der Waals surface area contributed by atoms with Crippen molar-refractivity contribution in [3.63, 3.8) is 0 Å². The number of nitrogens with one attached hydrogen (secondary N) is 1. The van der Waals surface area contributed by atoms with E-state index in [0.29, 0.717) is 48.2 Å². The highest BCUT2D eigenvalue weighted by atomic mass is 32.2. The molecule has 0 unspecified atom stereocenters. The number of aliphatic hydroxyl groups excluding tert-OH is 3. The number of hydrogen-bond donors (Lipinski definition) is 5. The molecule has 4 aliphatic rings. The fraction of sp³-hybridized carbons (Fsp3) is 0.969. The number of rotatable bonds is 12. The van der Waals surface area contributed by atoms with E-state index in [0.717, 1.165) is 64.3 Å². The second kappa shape index (κ2) is 12.9. The molecule has 0 aliphatic heterocycles. The standard InChI is InChI=1S/C32H58N2O7S/c1-21(8-11-29(38)33-14-6-15-34(4,5)16-7-17-42(39,40)41)24-9-10-25-30-26(20-28(37)32(24,25)3)31(2)13-12-23(35)18-22(31)19-27(30)36/h21-28,30,35-37H,6-20H2,1-5H3,(H-,33,38,39,40,41)/p+1/t21-,22+,23-,24+,25+,26+,27-,28+,30-,31+,32-/m1/s1. The minimum atomic E-state index is -3.93. The van der Waals surface area contributed by atoms with Crippen molar-refractivity contribution < 1.29 is 37.6 Å². The van der Waals surface area contributed by atoms with Crippen LogP contribution in [0.2, 0.25) is 0 Å². The van der Waals surface area contributed by atoms with Gasteiger partial charge in [0.05, 0.1) is 51.2 Å². The molecule has 0 heterocycles. The van der Waals surface area contributed by atoms with Crippen molar-refractivity contribution in [2.75, 3.05) is 39.5 Å². The molecule has 244 valence electrons. The van der Waals surface area contributed by atoms with Gasteiger partial charge in [-0.05, 0) is 97.7 Å². The SMILES string of the molecule is C[C@H](CCC(=O)NCCC[N+](C)(C)CCCS(=O)(=O)O)[C@@H]1CC[C@H]2[C@H]3[C@H](O)C[C@@H]4C[C@H](O)CC[C@]4(C)[C@H]3C[C@H](O)[C@@]21C. The average molecular weight is 616 g/mol. The Bertz CT molecular complexity index is 1050. The molecular weight excluding hydrogens is 556 g/mol. The van der Waals surface area contributed by atoms with Crippen molar-refractivity contribution in [1.82, 2.24) is 5.32 Å². The number of quaternary nitrogens is 1. The summed E-state index contributed by atoms with van der Waals surface area (Å²) in [6.45, 7) is 8.87. The minimum Gasteiger partial charge on any atom is -0.393 e. The van der Waals surface area contributed by atoms with E-state index in [2.05, 4.69) is 26.1 Å². The van der Waals surface area contributed by atoms with Crippen LogP contribution in [-0.4, -0.2) is 96.5 Å². The quantitative estimate of drug-likeness (QED) is 0.129. The molecule has 4 fully saturated rings. The molecule has 4 saturated carbocycles. The lowest BCUT2D eigenvalue weighted by molar-refractivity contribution is -0.890. The molecule has 5 N–H and O–H groups in total. The molecule has 11 atom stereocenters. The third-order valence-corrected chi connectivity index (χ3v) is 13.6. The Kier molecular flexibility index (Phi) is 10.5. The predicted molar refractivity (Wildman–Crippen MR) is 163 cm³/mol. The van der Waals surface area contributed by atoms with E-state index < -0.39 is 16.2 Å². The monoisotopic (exact) mass is 615 g/mol. The van der Waals surface area contributed by atoms with E-state index >= 15 is 0 Å². The van der Waals surface area contributed by atoms with Crippen molar-refractivity contribution in [2.24, 2.45) is 46.3 Å². The number of nitrogens with zero attached hydrogens (tertiary/aromatic N) is 1. The van der Waals surface area contributed by atoms with Crippen molar-refractivity contribution in [3.05, 3.63) is 0 Å². The summed E-state index contributed by atoms with van der Waals surface area (Å²) in [5.41, 5.74) is -0.185. The van der Waals surface area contributed by atoms with Crippen LogP contribution in [0.1, 0.15) is 91.4 Å². The van der Waals surface area contributed by atoms with Gasteiger partial charge in [-0.15, -0.1) is 0 Å². The number of fused-ring (bicyclic) bond motifs is 5. The lowest BCUT2D eigenvalue weighted by Gasteiger charge is -2.63. The summed E-state index contributed by atoms with van der Waals surface area (Å²) < 4.78 is 31.5. The van der Waals surface area contributed by atoms with Crippen molar-refractivity contribution in [1.29, 1.82) is 0 Å². The van der Waals surface area contributed by atoms with Gasteiger partial charge in [-0.2, -0.15) is 8.42 Å². The summed E-state index contributed by atoms with van der Waals surface area (Å²) in [5.74, 6) is 1.52. The highest BCUT2D eigenvalue weighted by Crippen LogP contribution is 2.68. The van der Waals surface area contributed by atoms with Gasteiger partial charge in [-0.3, -0.25) is 9.35 Å². The number of hydrogen-bond acceptors (Lipinski definition) is 6. The van der Waals surface area contributed by atoms with Crippen molar-refractivity contribution in [3.8, 4) is 0 Å². The van der Waals surface area contributed by atoms with E-state index in [9.17, 15) is 28.5 Å². The van der Waals surface area contributed by atoms with Crippen LogP contribution in [0.4, 0.5) is 0 Å². The summed E-state index contributed by atoms with van der Waals surface area (Å²) >= 11 is 0. The average Bonchev–Trinajstić information content (AvgIpc) is 3.24. The Labute approximate surface area is 254 Å². The highest BCUT2D eigenvalue weighted by Gasteiger charge is 2.65. The molecule has 0 saturated heterocycles. The number of aliphatic hydroxyl groups is 3. The minimum absolute atomic E-state index is 0.0450. The maximum absolute atomic E-state index is 12.7. The van der Waals surface area contributed by atoms with Crippen molar-refractivity contribution >= 4 is 16.0 Å². The van der Waals surface area contributed by atoms with Gasteiger partial charge >= 0.3 is 0 Å². The topological polar surface area (TPSA) is 144 Å². The molecule has 42 heavy (non-hydrogen) atoms. The van der Waals surface area contributed by atoms with Crippen LogP contribution in [0.25, 0.3) is 0 Å². The van der Waals surface area contributed by atoms with Gasteiger partial charge in [0.15, 0.2) is 0 Å². The second-order valence-corrected chi connectivity index (χ2v) is 17.3. The molecule has 4 aliphatic carbocycles. The number of amides is 1. The first-order valence-corrected chi connectivity index (χ1v) is 18.2. The van der Waals surface area contributed by atoms with Crippen LogP contribution in [0.3, 0.4) is 0 Å². The lowest BCUT2D eigenvalue weighted by Crippen LogP contribution is -2.62. The predicted octanol–water partition coefficient (Wildman–Crippen LogP) is 3.22. The van der Waals surface area contributed by atoms with Gasteiger partial charge < -0.3 is 25.1 Å². The molecule has 0 aromatic heterocycles. The fourth-order valence-corrected chi connectivity index (χ4v) is 10.8. The van der Waals surface area contributed by atoms with Gasteiger partial charge in [0.1, 0.15) is 0 Å². The largest absolute Gasteiger partial charge is 0.393 e. The Balaban J connectivity index is 1.27. The van der Waals surface area contributed by atoms with Crippen LogP contribution in [0.15, 0.2) is 0 Å². The molecular formula is C32H59N2O7S+. The zero-order valence-electron chi connectivity index (χ0n) is 26.7. The Hall–Kier alpha value is -0.780. The maximum Gasteiger partial charge on any atom is 0.265 e. The third-order valence-electron chi connectivity index (χ3n) is 12.8. The van der Waals surface area contributed by atoms with Gasteiger partial charge in [-0.1, -0.05) is 20.8 Å². The molecule has 0 aromatic carbocycles. The van der Waals surface area contributed by atoms with Crippen LogP contribution >= 0.6 is 0 Å². The van der Waals surface area contributed by atoms with Gasteiger partial charge in [0.2, 0.25) is 5.91 Å². The Morgan fingerprint density at radius 2 is 1.69 bits per heavy atom. The molecule has 10 heteroatoms. The normalized spacial score (nSPS) is 41.0. The van der Waals surface area contributed by atoms with Crippen LogP contribution in [-0.2, 0) is 14.9 Å². The third kappa shape index (κ3) is 7.20. The Morgan fingerprint density at radius 1 is 1.00 bits per heavy atom. The summed E-state index contributed by atoms with van der Waals surface area (Å²) in [7, 11) is 0.114. The first-order valence-electron chi connectivity index (χ1n) is 16.6. The molecule has 0 aromatic rings. The van der Waals surface area contributed by atoms with E-state index in [4.69, 9.17) is 4.55 Å². The second-order valence-electron chi connectivity index (χ2n) is 15.8. The van der Waals surface area contributed by atoms with Crippen LogP contribution in [0, 0.1) is 46.3 Å². The molecule has 0 bridgehead atoms. The summed E-state index contributed by atoms with van der Waals surface area (Å²) in [6.07, 6.45) is 7.47. The van der Waals surface area contributed by atoms with E-state index in [1.807, 2.05) is 14.1 Å². The van der Waals surface area contributed by atoms with Gasteiger partial charge in [0, 0.05) is 25.8 Å². The van der Waals surface area contributed by atoms with E-state index in [-0.39, 0.29) is 52.5 Å². The molecule has 9 nitrogen and oxygen atoms in total. The lowest BCUT2D eigenvalue weighted by atomic mass is 9.43. The summed E-state index contributed by atoms with van der Waals surface area (Å²) in [6, 6.07) is 0. The van der Waals surface area contributed by atoms with E-state index in [1.54, 1.807) is 0 Å². The smallest absolute Gasteiger partial charge is 0.265 e. The molecule has 0 radical (unpaired) electrons. The molecule has 4 rings (SSSR count). The van der Waals surface area contributed by atoms with Gasteiger partial charge in [0.25, 0.3) is 10.1 Å². The zero-order chi connectivity index (χ0) is 31.1. The number of carbonyl (C=O) groups excluding carboxylic acids is 1. The van der Waals surface area contributed by atoms with Gasteiger partial charge in [-0.25, -0.2) is 0 Å². The molecule has 0 spiro atoms. The first kappa shape index (κ1) is 34.1. The maximum atomic E-state index is 12.7. The molecule has 1 amide bonds. The fourth-order valence-electron chi connectivity index (χ4n) is 10.3. The summed E-state index contributed by atoms with van der Waals surface area (Å²) in [5, 5.41) is 36.6. The highest BCUT2D eigenvalue weighted by molar-refractivity contribution is 7.85. The zero-order valence-corrected chi connectivity index (χ0v) is 27.5. The first-order chi connectivity index (χ1) is 19.5. The van der Waals surface area contributed by atoms with Crippen molar-refractivity contribution in [2.45, 2.75) is 110 Å². The van der Waals surface area contributed by atoms with Crippen LogP contribution < -0.4 is 5.32 Å². The van der Waals surface area contributed by atoms with Crippen LogP contribution in [0.5, 0.6) is 0 Å². The Morgan fingerprint density at radius 3 is 2.38 bits per heavy atom. The van der Waals surface area contributed by atoms with E-state index in [1.165, 1.54) is 0 Å². The summed E-state index contributed by atoms with van der Waals surface area (Å²) in [4.78, 5) is 12.7. The number of carbonyl (C=O) groups is 1.